The molecule has 6 heteroatoms. The molecule has 146 valence electrons. The summed E-state index contributed by atoms with van der Waals surface area (Å²) >= 11 is 0. The van der Waals surface area contributed by atoms with Gasteiger partial charge in [0.2, 0.25) is 0 Å². The highest BCUT2D eigenvalue weighted by Gasteiger charge is 2.19. The lowest BCUT2D eigenvalue weighted by atomic mass is 9.98. The lowest BCUT2D eigenvalue weighted by molar-refractivity contribution is -0.0494. The van der Waals surface area contributed by atoms with Gasteiger partial charge in [0.15, 0.2) is 0 Å². The van der Waals surface area contributed by atoms with E-state index in [2.05, 4.69) is 4.74 Å². The number of rotatable bonds is 7. The number of alkyl halides is 2. The first kappa shape index (κ1) is 19.6. The Morgan fingerprint density at radius 3 is 2.36 bits per heavy atom. The van der Waals surface area contributed by atoms with Crippen molar-refractivity contribution >= 4 is 10.8 Å². The van der Waals surface area contributed by atoms with Gasteiger partial charge in [-0.05, 0) is 54.3 Å². The molecule has 0 saturated heterocycles. The normalized spacial score (nSPS) is 11.4. The zero-order valence-electron chi connectivity index (χ0n) is 15.4. The standard InChI is InChI=1S/C22H19F3O3/c1-3-4-11-27-16-7-5-14(6-8-16)20-19(28-22(24)25)13-15-12-17(26-2)9-10-18(15)21(20)23/h3-10,12-13,22H,11H2,1-2H3. The van der Waals surface area contributed by atoms with E-state index in [9.17, 15) is 8.78 Å². The van der Waals surface area contributed by atoms with Crippen molar-refractivity contribution in [2.75, 3.05) is 13.7 Å². The summed E-state index contributed by atoms with van der Waals surface area (Å²) in [5.74, 6) is 0.198. The Morgan fingerprint density at radius 2 is 1.71 bits per heavy atom. The maximum absolute atomic E-state index is 15.2. The second kappa shape index (κ2) is 8.69. The summed E-state index contributed by atoms with van der Waals surface area (Å²) in [4.78, 5) is 0. The van der Waals surface area contributed by atoms with E-state index in [1.54, 1.807) is 42.5 Å². The number of hydrogen-bond acceptors (Lipinski definition) is 3. The van der Waals surface area contributed by atoms with Crippen LogP contribution in [0.4, 0.5) is 13.2 Å². The van der Waals surface area contributed by atoms with Crippen LogP contribution >= 0.6 is 0 Å². The highest BCUT2D eigenvalue weighted by Crippen LogP contribution is 2.39. The third kappa shape index (κ3) is 4.22. The molecule has 0 aliphatic heterocycles. The largest absolute Gasteiger partial charge is 0.497 e. The fourth-order valence-corrected chi connectivity index (χ4v) is 2.86. The van der Waals surface area contributed by atoms with Crippen LogP contribution in [0.5, 0.6) is 17.2 Å². The molecule has 0 fully saturated rings. The van der Waals surface area contributed by atoms with E-state index in [-0.39, 0.29) is 16.7 Å². The van der Waals surface area contributed by atoms with Crippen LogP contribution in [0.2, 0.25) is 0 Å². The molecule has 0 aliphatic rings. The van der Waals surface area contributed by atoms with Crippen molar-refractivity contribution in [3.8, 4) is 28.4 Å². The van der Waals surface area contributed by atoms with Gasteiger partial charge in [0, 0.05) is 5.39 Å². The van der Waals surface area contributed by atoms with Crippen LogP contribution in [0, 0.1) is 5.82 Å². The first-order valence-corrected chi connectivity index (χ1v) is 8.63. The Hall–Kier alpha value is -3.15. The maximum Gasteiger partial charge on any atom is 0.387 e. The monoisotopic (exact) mass is 388 g/mol. The lowest BCUT2D eigenvalue weighted by Gasteiger charge is -2.15. The Labute approximate surface area is 161 Å². The fraction of sp³-hybridized carbons (Fsp3) is 0.182. The van der Waals surface area contributed by atoms with E-state index in [0.29, 0.717) is 29.1 Å². The van der Waals surface area contributed by atoms with Crippen molar-refractivity contribution in [3.63, 3.8) is 0 Å². The topological polar surface area (TPSA) is 27.7 Å². The van der Waals surface area contributed by atoms with E-state index >= 15 is 4.39 Å². The Bertz CT molecular complexity index is 982. The van der Waals surface area contributed by atoms with E-state index in [0.717, 1.165) is 0 Å². The van der Waals surface area contributed by atoms with Crippen molar-refractivity contribution in [1.82, 2.24) is 0 Å². The number of methoxy groups -OCH3 is 1. The van der Waals surface area contributed by atoms with Crippen molar-refractivity contribution in [1.29, 1.82) is 0 Å². The van der Waals surface area contributed by atoms with Crippen LogP contribution in [-0.2, 0) is 0 Å². The first-order valence-electron chi connectivity index (χ1n) is 8.63. The molecule has 0 atom stereocenters. The molecular weight excluding hydrogens is 369 g/mol. The number of fused-ring (bicyclic) bond motifs is 1. The van der Waals surface area contributed by atoms with Crippen molar-refractivity contribution in [2.45, 2.75) is 13.5 Å². The second-order valence-electron chi connectivity index (χ2n) is 5.93. The van der Waals surface area contributed by atoms with Gasteiger partial charge in [-0.1, -0.05) is 24.3 Å². The summed E-state index contributed by atoms with van der Waals surface area (Å²) in [6, 6.07) is 12.6. The number of benzene rings is 3. The average molecular weight is 388 g/mol. The van der Waals surface area contributed by atoms with E-state index < -0.39 is 12.4 Å². The molecule has 3 rings (SSSR count). The molecule has 0 radical (unpaired) electrons. The smallest absolute Gasteiger partial charge is 0.387 e. The first-order chi connectivity index (χ1) is 13.5. The molecule has 0 unspecified atom stereocenters. The predicted octanol–water partition coefficient (Wildman–Crippen LogP) is 6.21. The fourth-order valence-electron chi connectivity index (χ4n) is 2.86. The molecule has 0 saturated carbocycles. The van der Waals surface area contributed by atoms with Crippen LogP contribution in [0.15, 0.2) is 60.7 Å². The van der Waals surface area contributed by atoms with Gasteiger partial charge < -0.3 is 14.2 Å². The van der Waals surface area contributed by atoms with Gasteiger partial charge in [-0.2, -0.15) is 8.78 Å². The molecule has 0 amide bonds. The minimum absolute atomic E-state index is 0.0297. The number of halogens is 3. The molecule has 0 N–H and O–H groups in total. The van der Waals surface area contributed by atoms with E-state index in [1.807, 2.05) is 19.1 Å². The molecule has 0 aromatic heterocycles. The minimum Gasteiger partial charge on any atom is -0.497 e. The SMILES string of the molecule is CC=CCOc1ccc(-c2c(OC(F)F)cc3cc(OC)ccc3c2F)cc1. The van der Waals surface area contributed by atoms with E-state index in [1.165, 1.54) is 13.2 Å². The summed E-state index contributed by atoms with van der Waals surface area (Å²) in [5, 5.41) is 0.688. The molecule has 3 aromatic carbocycles. The Balaban J connectivity index is 2.08. The highest BCUT2D eigenvalue weighted by molar-refractivity contribution is 5.92. The van der Waals surface area contributed by atoms with Gasteiger partial charge in [-0.25, -0.2) is 4.39 Å². The quantitative estimate of drug-likeness (QED) is 0.450. The molecule has 0 bridgehead atoms. The van der Waals surface area contributed by atoms with Gasteiger partial charge in [0.1, 0.15) is 29.7 Å². The van der Waals surface area contributed by atoms with E-state index in [4.69, 9.17) is 9.47 Å². The molecule has 3 aromatic rings. The van der Waals surface area contributed by atoms with Gasteiger partial charge in [0.05, 0.1) is 12.7 Å². The van der Waals surface area contributed by atoms with Crippen LogP contribution in [0.3, 0.4) is 0 Å². The zero-order valence-corrected chi connectivity index (χ0v) is 15.4. The lowest BCUT2D eigenvalue weighted by Crippen LogP contribution is -2.05. The average Bonchev–Trinajstić information content (AvgIpc) is 2.68. The van der Waals surface area contributed by atoms with Crippen molar-refractivity contribution in [2.24, 2.45) is 0 Å². The second-order valence-corrected chi connectivity index (χ2v) is 5.93. The molecule has 0 heterocycles. The molecule has 3 nitrogen and oxygen atoms in total. The molecule has 0 aliphatic carbocycles. The van der Waals surface area contributed by atoms with Crippen molar-refractivity contribution < 1.29 is 27.4 Å². The minimum atomic E-state index is -3.08. The summed E-state index contributed by atoms with van der Waals surface area (Å²) in [6.45, 7) is -0.790. The van der Waals surface area contributed by atoms with Crippen LogP contribution in [0.25, 0.3) is 21.9 Å². The van der Waals surface area contributed by atoms with Crippen LogP contribution < -0.4 is 14.2 Å². The Morgan fingerprint density at radius 1 is 1.00 bits per heavy atom. The summed E-state index contributed by atoms with van der Waals surface area (Å²) in [7, 11) is 1.47. The summed E-state index contributed by atoms with van der Waals surface area (Å²) in [6.07, 6.45) is 3.71. The van der Waals surface area contributed by atoms with Gasteiger partial charge >= 0.3 is 6.61 Å². The van der Waals surface area contributed by atoms with Gasteiger partial charge in [-0.15, -0.1) is 0 Å². The number of ether oxygens (including phenoxy) is 3. The third-order valence-corrected chi connectivity index (χ3v) is 4.19. The van der Waals surface area contributed by atoms with Crippen LogP contribution in [-0.4, -0.2) is 20.3 Å². The summed E-state index contributed by atoms with van der Waals surface area (Å²) in [5.41, 5.74) is 0.377. The predicted molar refractivity (Wildman–Crippen MR) is 103 cm³/mol. The molecular formula is C22H19F3O3. The molecule has 28 heavy (non-hydrogen) atoms. The highest BCUT2D eigenvalue weighted by atomic mass is 19.3. The zero-order chi connectivity index (χ0) is 20.1. The van der Waals surface area contributed by atoms with Gasteiger partial charge in [0.25, 0.3) is 0 Å². The maximum atomic E-state index is 15.2. The Kier molecular flexibility index (Phi) is 6.09. The van der Waals surface area contributed by atoms with Crippen molar-refractivity contribution in [3.05, 3.63) is 66.5 Å². The van der Waals surface area contributed by atoms with Crippen LogP contribution in [0.1, 0.15) is 6.92 Å². The number of hydrogen-bond donors (Lipinski definition) is 0. The van der Waals surface area contributed by atoms with Gasteiger partial charge in [-0.3, -0.25) is 0 Å². The molecule has 0 spiro atoms. The number of allylic oxidation sites excluding steroid dienone is 1. The summed E-state index contributed by atoms with van der Waals surface area (Å²) < 4.78 is 56.4. The third-order valence-electron chi connectivity index (χ3n) is 4.19.